The predicted octanol–water partition coefficient (Wildman–Crippen LogP) is 2.25. The number of hydrogen-bond acceptors (Lipinski definition) is 2. The monoisotopic (exact) mass is 178 g/mol. The molecular formula is C11H14O2. The Morgan fingerprint density at radius 3 is 2.62 bits per heavy atom. The van der Waals surface area contributed by atoms with Gasteiger partial charge in [0.1, 0.15) is 0 Å². The lowest BCUT2D eigenvalue weighted by Crippen LogP contribution is -2.21. The van der Waals surface area contributed by atoms with Crippen molar-refractivity contribution in [3.05, 3.63) is 35.9 Å². The molecule has 70 valence electrons. The molecule has 0 amide bonds. The predicted molar refractivity (Wildman–Crippen MR) is 50.1 cm³/mol. The van der Waals surface area contributed by atoms with Crippen molar-refractivity contribution >= 4 is 0 Å². The van der Waals surface area contributed by atoms with Crippen LogP contribution in [0.4, 0.5) is 0 Å². The van der Waals surface area contributed by atoms with Gasteiger partial charge in [-0.1, -0.05) is 30.3 Å². The van der Waals surface area contributed by atoms with Crippen LogP contribution in [0.1, 0.15) is 30.9 Å². The van der Waals surface area contributed by atoms with E-state index in [1.165, 1.54) is 5.56 Å². The number of benzene rings is 1. The average Bonchev–Trinajstić information content (AvgIpc) is 2.19. The summed E-state index contributed by atoms with van der Waals surface area (Å²) in [5.74, 6) is 0. The standard InChI is InChI=1S/C11H14O2/c12-11-8-4-7-10(13-11)9-5-2-1-3-6-9/h1-3,5-6,10-12H,4,7-8H2/t10-,11?/m0/s1. The molecule has 2 atom stereocenters. The second kappa shape index (κ2) is 3.90. The van der Waals surface area contributed by atoms with Crippen molar-refractivity contribution in [3.8, 4) is 0 Å². The molecule has 0 radical (unpaired) electrons. The lowest BCUT2D eigenvalue weighted by Gasteiger charge is -2.26. The summed E-state index contributed by atoms with van der Waals surface area (Å²) < 4.78 is 5.43. The van der Waals surface area contributed by atoms with Crippen molar-refractivity contribution in [1.29, 1.82) is 0 Å². The van der Waals surface area contributed by atoms with E-state index < -0.39 is 6.29 Å². The molecule has 1 aromatic carbocycles. The summed E-state index contributed by atoms with van der Waals surface area (Å²) in [5.41, 5.74) is 1.17. The first kappa shape index (κ1) is 8.73. The Morgan fingerprint density at radius 2 is 1.92 bits per heavy atom. The normalized spacial score (nSPS) is 28.7. The molecule has 2 heteroatoms. The molecule has 2 nitrogen and oxygen atoms in total. The fourth-order valence-corrected chi connectivity index (χ4v) is 1.72. The topological polar surface area (TPSA) is 29.5 Å². The first-order chi connectivity index (χ1) is 6.36. The Bertz CT molecular complexity index is 258. The van der Waals surface area contributed by atoms with Gasteiger partial charge in [-0.2, -0.15) is 0 Å². The van der Waals surface area contributed by atoms with Crippen LogP contribution in [-0.4, -0.2) is 11.4 Å². The van der Waals surface area contributed by atoms with Crippen LogP contribution >= 0.6 is 0 Å². The molecule has 1 aromatic rings. The van der Waals surface area contributed by atoms with Gasteiger partial charge in [0.2, 0.25) is 0 Å². The van der Waals surface area contributed by atoms with E-state index in [9.17, 15) is 5.11 Å². The Hall–Kier alpha value is -0.860. The Kier molecular flexibility index (Phi) is 2.62. The van der Waals surface area contributed by atoms with E-state index in [0.717, 1.165) is 19.3 Å². The summed E-state index contributed by atoms with van der Waals surface area (Å²) in [4.78, 5) is 0. The van der Waals surface area contributed by atoms with Crippen LogP contribution in [-0.2, 0) is 4.74 Å². The van der Waals surface area contributed by atoms with Gasteiger partial charge in [0.15, 0.2) is 6.29 Å². The number of aliphatic hydroxyl groups excluding tert-OH is 1. The summed E-state index contributed by atoms with van der Waals surface area (Å²) in [5, 5.41) is 9.32. The zero-order valence-electron chi connectivity index (χ0n) is 7.52. The van der Waals surface area contributed by atoms with E-state index in [4.69, 9.17) is 4.74 Å². The zero-order chi connectivity index (χ0) is 9.10. The summed E-state index contributed by atoms with van der Waals surface area (Å²) in [6.07, 6.45) is 2.34. The quantitative estimate of drug-likeness (QED) is 0.714. The van der Waals surface area contributed by atoms with Gasteiger partial charge in [-0.25, -0.2) is 0 Å². The number of ether oxygens (including phenoxy) is 1. The first-order valence-corrected chi connectivity index (χ1v) is 4.75. The SMILES string of the molecule is OC1CCC[C@@H](c2ccccc2)O1. The molecule has 1 N–H and O–H groups in total. The van der Waals surface area contributed by atoms with Crippen LogP contribution in [0.5, 0.6) is 0 Å². The molecule has 13 heavy (non-hydrogen) atoms. The summed E-state index contributed by atoms with van der Waals surface area (Å²) in [7, 11) is 0. The molecule has 1 saturated heterocycles. The maximum atomic E-state index is 9.32. The molecule has 0 saturated carbocycles. The first-order valence-electron chi connectivity index (χ1n) is 4.75. The second-order valence-electron chi connectivity index (χ2n) is 3.42. The van der Waals surface area contributed by atoms with E-state index >= 15 is 0 Å². The Morgan fingerprint density at radius 1 is 1.15 bits per heavy atom. The lowest BCUT2D eigenvalue weighted by molar-refractivity contribution is -0.164. The highest BCUT2D eigenvalue weighted by Gasteiger charge is 2.21. The minimum Gasteiger partial charge on any atom is -0.368 e. The summed E-state index contributed by atoms with van der Waals surface area (Å²) >= 11 is 0. The molecular weight excluding hydrogens is 164 g/mol. The van der Waals surface area contributed by atoms with Crippen molar-refractivity contribution in [2.24, 2.45) is 0 Å². The van der Waals surface area contributed by atoms with Gasteiger partial charge in [-0.15, -0.1) is 0 Å². The molecule has 1 aliphatic rings. The molecule has 1 heterocycles. The van der Waals surface area contributed by atoms with Gasteiger partial charge in [0.25, 0.3) is 0 Å². The minimum absolute atomic E-state index is 0.0879. The largest absolute Gasteiger partial charge is 0.368 e. The van der Waals surface area contributed by atoms with Crippen LogP contribution < -0.4 is 0 Å². The highest BCUT2D eigenvalue weighted by Crippen LogP contribution is 2.29. The summed E-state index contributed by atoms with van der Waals surface area (Å²) in [6, 6.07) is 10.1. The van der Waals surface area contributed by atoms with E-state index in [1.807, 2.05) is 30.3 Å². The molecule has 1 unspecified atom stereocenters. The van der Waals surface area contributed by atoms with Gasteiger partial charge in [-0.3, -0.25) is 0 Å². The van der Waals surface area contributed by atoms with Gasteiger partial charge in [0.05, 0.1) is 6.10 Å². The molecule has 1 aliphatic heterocycles. The zero-order valence-corrected chi connectivity index (χ0v) is 7.52. The van der Waals surface area contributed by atoms with Crippen molar-refractivity contribution in [2.45, 2.75) is 31.7 Å². The van der Waals surface area contributed by atoms with E-state index in [1.54, 1.807) is 0 Å². The van der Waals surface area contributed by atoms with Gasteiger partial charge >= 0.3 is 0 Å². The third-order valence-electron chi connectivity index (χ3n) is 2.41. The van der Waals surface area contributed by atoms with Crippen LogP contribution in [0.25, 0.3) is 0 Å². The Balaban J connectivity index is 2.08. The highest BCUT2D eigenvalue weighted by atomic mass is 16.6. The van der Waals surface area contributed by atoms with Gasteiger partial charge < -0.3 is 9.84 Å². The van der Waals surface area contributed by atoms with Crippen molar-refractivity contribution in [1.82, 2.24) is 0 Å². The van der Waals surface area contributed by atoms with Gasteiger partial charge in [-0.05, 0) is 24.8 Å². The Labute approximate surface area is 78.2 Å². The van der Waals surface area contributed by atoms with Crippen LogP contribution in [0.2, 0.25) is 0 Å². The van der Waals surface area contributed by atoms with Gasteiger partial charge in [0, 0.05) is 0 Å². The smallest absolute Gasteiger partial charge is 0.155 e. The molecule has 0 spiro atoms. The molecule has 0 aromatic heterocycles. The molecule has 0 bridgehead atoms. The highest BCUT2D eigenvalue weighted by molar-refractivity contribution is 5.17. The van der Waals surface area contributed by atoms with E-state index in [0.29, 0.717) is 0 Å². The fraction of sp³-hybridized carbons (Fsp3) is 0.455. The van der Waals surface area contributed by atoms with E-state index in [2.05, 4.69) is 0 Å². The van der Waals surface area contributed by atoms with Crippen LogP contribution in [0, 0.1) is 0 Å². The third kappa shape index (κ3) is 2.08. The average molecular weight is 178 g/mol. The third-order valence-corrected chi connectivity index (χ3v) is 2.41. The maximum Gasteiger partial charge on any atom is 0.155 e. The number of hydrogen-bond donors (Lipinski definition) is 1. The van der Waals surface area contributed by atoms with E-state index in [-0.39, 0.29) is 6.10 Å². The number of aliphatic hydroxyl groups is 1. The minimum atomic E-state index is -0.570. The van der Waals surface area contributed by atoms with Crippen molar-refractivity contribution < 1.29 is 9.84 Å². The molecule has 1 fully saturated rings. The lowest BCUT2D eigenvalue weighted by atomic mass is 10.0. The maximum absolute atomic E-state index is 9.32. The second-order valence-corrected chi connectivity index (χ2v) is 3.42. The molecule has 0 aliphatic carbocycles. The van der Waals surface area contributed by atoms with Crippen LogP contribution in [0.3, 0.4) is 0 Å². The number of rotatable bonds is 1. The van der Waals surface area contributed by atoms with Crippen molar-refractivity contribution in [3.63, 3.8) is 0 Å². The fourth-order valence-electron chi connectivity index (χ4n) is 1.72. The molecule has 2 rings (SSSR count). The van der Waals surface area contributed by atoms with Crippen LogP contribution in [0.15, 0.2) is 30.3 Å². The summed E-state index contributed by atoms with van der Waals surface area (Å²) in [6.45, 7) is 0. The van der Waals surface area contributed by atoms with Crippen molar-refractivity contribution in [2.75, 3.05) is 0 Å².